The van der Waals surface area contributed by atoms with Crippen LogP contribution in [0.5, 0.6) is 0 Å². The van der Waals surface area contributed by atoms with Gasteiger partial charge >= 0.3 is 0 Å². The zero-order valence-corrected chi connectivity index (χ0v) is 18.6. The molecule has 4 heteroatoms. The predicted molar refractivity (Wildman–Crippen MR) is 119 cm³/mol. The van der Waals surface area contributed by atoms with Crippen molar-refractivity contribution >= 4 is 5.91 Å². The van der Waals surface area contributed by atoms with Gasteiger partial charge in [-0.25, -0.2) is 0 Å². The van der Waals surface area contributed by atoms with Gasteiger partial charge in [-0.15, -0.1) is 0 Å². The van der Waals surface area contributed by atoms with E-state index >= 15 is 0 Å². The monoisotopic (exact) mass is 397 g/mol. The van der Waals surface area contributed by atoms with E-state index in [9.17, 15) is 4.79 Å². The molecule has 3 fully saturated rings. The minimum atomic E-state index is 0.218. The molecule has 4 rings (SSSR count). The lowest BCUT2D eigenvalue weighted by atomic mass is 9.87. The lowest BCUT2D eigenvalue weighted by Crippen LogP contribution is -2.50. The van der Waals surface area contributed by atoms with Crippen molar-refractivity contribution in [3.05, 3.63) is 35.9 Å². The number of likely N-dealkylation sites (tertiary alicyclic amines) is 3. The predicted octanol–water partition coefficient (Wildman–Crippen LogP) is 3.98. The highest BCUT2D eigenvalue weighted by atomic mass is 16.2. The Bertz CT molecular complexity index is 668. The quantitative estimate of drug-likeness (QED) is 0.772. The first-order valence-corrected chi connectivity index (χ1v) is 11.9. The summed E-state index contributed by atoms with van der Waals surface area (Å²) in [5.74, 6) is 1.09. The van der Waals surface area contributed by atoms with Crippen molar-refractivity contribution in [3.8, 4) is 0 Å². The lowest BCUT2D eigenvalue weighted by molar-refractivity contribution is -0.138. The molecule has 0 bridgehead atoms. The van der Waals surface area contributed by atoms with E-state index in [1.54, 1.807) is 0 Å². The van der Waals surface area contributed by atoms with Gasteiger partial charge in [0.15, 0.2) is 0 Å². The Morgan fingerprint density at radius 1 is 0.966 bits per heavy atom. The molecule has 3 aliphatic heterocycles. The SMILES string of the molecule is CC(C)N1CCC(C(=O)N2C[C@@H](c3ccccc3)[C@H]3[C@H]2CCCCCN3C)CC1. The maximum absolute atomic E-state index is 13.7. The number of piperidine rings is 1. The summed E-state index contributed by atoms with van der Waals surface area (Å²) < 4.78 is 0. The van der Waals surface area contributed by atoms with Gasteiger partial charge in [0.05, 0.1) is 0 Å². The van der Waals surface area contributed by atoms with Gasteiger partial charge in [0.2, 0.25) is 5.91 Å². The minimum Gasteiger partial charge on any atom is -0.337 e. The van der Waals surface area contributed by atoms with Gasteiger partial charge in [0.1, 0.15) is 0 Å². The van der Waals surface area contributed by atoms with Gasteiger partial charge in [-0.1, -0.05) is 43.2 Å². The molecule has 3 atom stereocenters. The number of likely N-dealkylation sites (N-methyl/N-ethyl adjacent to an activating group) is 1. The van der Waals surface area contributed by atoms with Gasteiger partial charge in [-0.05, 0) is 71.8 Å². The highest BCUT2D eigenvalue weighted by Crippen LogP contribution is 2.40. The van der Waals surface area contributed by atoms with Crippen molar-refractivity contribution in [2.24, 2.45) is 5.92 Å². The zero-order valence-electron chi connectivity index (χ0n) is 18.6. The Hall–Kier alpha value is -1.39. The van der Waals surface area contributed by atoms with Gasteiger partial charge in [0.25, 0.3) is 0 Å². The summed E-state index contributed by atoms with van der Waals surface area (Å²) in [5, 5.41) is 0. The van der Waals surface area contributed by atoms with Crippen LogP contribution in [0.3, 0.4) is 0 Å². The van der Waals surface area contributed by atoms with E-state index in [0.717, 1.165) is 45.4 Å². The minimum absolute atomic E-state index is 0.218. The van der Waals surface area contributed by atoms with Crippen LogP contribution >= 0.6 is 0 Å². The first-order valence-electron chi connectivity index (χ1n) is 11.9. The second kappa shape index (κ2) is 9.18. The van der Waals surface area contributed by atoms with E-state index in [1.165, 1.54) is 24.8 Å². The lowest BCUT2D eigenvalue weighted by Gasteiger charge is -2.39. The van der Waals surface area contributed by atoms with Crippen molar-refractivity contribution in [1.82, 2.24) is 14.7 Å². The summed E-state index contributed by atoms with van der Waals surface area (Å²) in [7, 11) is 2.29. The molecule has 0 aromatic heterocycles. The second-order valence-corrected chi connectivity index (χ2v) is 9.80. The normalized spacial score (nSPS) is 30.2. The second-order valence-electron chi connectivity index (χ2n) is 9.80. The number of nitrogens with zero attached hydrogens (tertiary/aromatic N) is 3. The molecule has 3 aliphatic rings. The Morgan fingerprint density at radius 2 is 1.69 bits per heavy atom. The highest BCUT2D eigenvalue weighted by Gasteiger charge is 2.47. The van der Waals surface area contributed by atoms with E-state index in [1.807, 2.05) is 0 Å². The Kier molecular flexibility index (Phi) is 6.60. The Labute approximate surface area is 177 Å². The molecular weight excluding hydrogens is 358 g/mol. The van der Waals surface area contributed by atoms with E-state index in [4.69, 9.17) is 0 Å². The third-order valence-corrected chi connectivity index (χ3v) is 7.74. The van der Waals surface area contributed by atoms with Crippen LogP contribution in [-0.4, -0.2) is 72.0 Å². The van der Waals surface area contributed by atoms with Crippen LogP contribution in [0.25, 0.3) is 0 Å². The topological polar surface area (TPSA) is 26.8 Å². The molecule has 0 aliphatic carbocycles. The van der Waals surface area contributed by atoms with Crippen LogP contribution in [0, 0.1) is 5.92 Å². The maximum atomic E-state index is 13.7. The summed E-state index contributed by atoms with van der Waals surface area (Å²) in [6, 6.07) is 12.4. The number of fused-ring (bicyclic) bond motifs is 1. The molecule has 1 amide bonds. The van der Waals surface area contributed by atoms with Crippen LogP contribution in [0.2, 0.25) is 0 Å². The van der Waals surface area contributed by atoms with Gasteiger partial charge < -0.3 is 14.7 Å². The number of hydrogen-bond donors (Lipinski definition) is 0. The molecule has 3 heterocycles. The van der Waals surface area contributed by atoms with Gasteiger partial charge in [0, 0.05) is 36.5 Å². The van der Waals surface area contributed by atoms with Crippen LogP contribution < -0.4 is 0 Å². The fourth-order valence-corrected chi connectivity index (χ4v) is 6.03. The van der Waals surface area contributed by atoms with Gasteiger partial charge in [-0.3, -0.25) is 4.79 Å². The zero-order chi connectivity index (χ0) is 20.4. The standard InChI is InChI=1S/C25H39N3O/c1-19(2)27-16-13-21(14-17-27)25(29)28-18-22(20-10-6-4-7-11-20)24-23(28)12-8-5-9-15-26(24)3/h4,6-7,10-11,19,21-24H,5,8-9,12-18H2,1-3H3/t22-,23+,24-/m0/s1. The summed E-state index contributed by atoms with van der Waals surface area (Å²) in [6.45, 7) is 8.71. The van der Waals surface area contributed by atoms with E-state index in [0.29, 0.717) is 30.0 Å². The fraction of sp³-hybridized carbons (Fsp3) is 0.720. The Morgan fingerprint density at radius 3 is 2.38 bits per heavy atom. The largest absolute Gasteiger partial charge is 0.337 e. The van der Waals surface area contributed by atoms with Crippen molar-refractivity contribution in [3.63, 3.8) is 0 Å². The molecule has 29 heavy (non-hydrogen) atoms. The van der Waals surface area contributed by atoms with E-state index < -0.39 is 0 Å². The number of carbonyl (C=O) groups is 1. The van der Waals surface area contributed by atoms with Crippen molar-refractivity contribution < 1.29 is 4.79 Å². The summed E-state index contributed by atoms with van der Waals surface area (Å²) >= 11 is 0. The third kappa shape index (κ3) is 4.39. The molecule has 0 spiro atoms. The maximum Gasteiger partial charge on any atom is 0.226 e. The molecule has 4 nitrogen and oxygen atoms in total. The molecule has 160 valence electrons. The van der Waals surface area contributed by atoms with Gasteiger partial charge in [-0.2, -0.15) is 0 Å². The molecule has 0 saturated carbocycles. The van der Waals surface area contributed by atoms with Crippen molar-refractivity contribution in [2.75, 3.05) is 33.2 Å². The first kappa shape index (κ1) is 20.9. The fourth-order valence-electron chi connectivity index (χ4n) is 6.03. The van der Waals surface area contributed by atoms with E-state index in [-0.39, 0.29) is 5.92 Å². The average Bonchev–Trinajstić information content (AvgIpc) is 3.11. The number of carbonyl (C=O) groups excluding carboxylic acids is 1. The van der Waals surface area contributed by atoms with Crippen LogP contribution in [-0.2, 0) is 4.79 Å². The highest BCUT2D eigenvalue weighted by molar-refractivity contribution is 5.80. The number of amides is 1. The molecule has 1 aromatic rings. The van der Waals surface area contributed by atoms with Crippen molar-refractivity contribution in [1.29, 1.82) is 0 Å². The third-order valence-electron chi connectivity index (χ3n) is 7.74. The summed E-state index contributed by atoms with van der Waals surface area (Å²) in [4.78, 5) is 21.1. The molecule has 0 unspecified atom stereocenters. The van der Waals surface area contributed by atoms with Crippen LogP contribution in [0.1, 0.15) is 63.9 Å². The molecule has 3 saturated heterocycles. The summed E-state index contributed by atoms with van der Waals surface area (Å²) in [6.07, 6.45) is 7.04. The molecule has 1 aromatic carbocycles. The van der Waals surface area contributed by atoms with Crippen LogP contribution in [0.15, 0.2) is 30.3 Å². The number of rotatable bonds is 3. The average molecular weight is 398 g/mol. The smallest absolute Gasteiger partial charge is 0.226 e. The Balaban J connectivity index is 1.55. The number of hydrogen-bond acceptors (Lipinski definition) is 3. The first-order chi connectivity index (χ1) is 14.1. The summed E-state index contributed by atoms with van der Waals surface area (Å²) in [5.41, 5.74) is 1.40. The number of benzene rings is 1. The van der Waals surface area contributed by atoms with Crippen molar-refractivity contribution in [2.45, 2.75) is 76.4 Å². The molecule has 0 radical (unpaired) electrons. The van der Waals surface area contributed by atoms with E-state index in [2.05, 4.69) is 65.9 Å². The molecular formula is C25H39N3O. The molecule has 0 N–H and O–H groups in total. The van der Waals surface area contributed by atoms with Crippen LogP contribution in [0.4, 0.5) is 0 Å².